The van der Waals surface area contributed by atoms with Crippen LogP contribution in [0.5, 0.6) is 0 Å². The molecule has 1 saturated heterocycles. The lowest BCUT2D eigenvalue weighted by Gasteiger charge is -2.22. The number of ether oxygens (including phenoxy) is 1. The second-order valence-electron chi connectivity index (χ2n) is 8.17. The Morgan fingerprint density at radius 1 is 1.16 bits per heavy atom. The van der Waals surface area contributed by atoms with Gasteiger partial charge in [-0.2, -0.15) is 0 Å². The van der Waals surface area contributed by atoms with Crippen LogP contribution < -0.4 is 5.32 Å². The number of aryl methyl sites for hydroxylation is 1. The van der Waals surface area contributed by atoms with Gasteiger partial charge in [-0.1, -0.05) is 36.4 Å². The van der Waals surface area contributed by atoms with Gasteiger partial charge in [-0.25, -0.2) is 9.37 Å². The first kappa shape index (κ1) is 22.2. The first-order valence-electron chi connectivity index (χ1n) is 10.9. The second-order valence-corrected chi connectivity index (χ2v) is 8.17. The molecule has 1 aliphatic rings. The number of halogens is 1. The van der Waals surface area contributed by atoms with E-state index in [4.69, 9.17) is 9.15 Å². The van der Waals surface area contributed by atoms with Crippen LogP contribution in [0.1, 0.15) is 45.9 Å². The summed E-state index contributed by atoms with van der Waals surface area (Å²) < 4.78 is 24.5. The zero-order valence-electron chi connectivity index (χ0n) is 18.2. The van der Waals surface area contributed by atoms with Gasteiger partial charge in [0, 0.05) is 26.2 Å². The molecule has 1 amide bonds. The van der Waals surface area contributed by atoms with Crippen molar-refractivity contribution in [2.45, 2.75) is 45.5 Å². The highest BCUT2D eigenvalue weighted by Crippen LogP contribution is 2.17. The van der Waals surface area contributed by atoms with Crippen LogP contribution in [0.4, 0.5) is 4.39 Å². The van der Waals surface area contributed by atoms with Gasteiger partial charge in [-0.3, -0.25) is 9.69 Å². The monoisotopic (exact) mass is 437 g/mol. The van der Waals surface area contributed by atoms with Crippen molar-refractivity contribution in [3.8, 4) is 0 Å². The number of carbonyl (C=O) groups is 1. The molecule has 0 saturated carbocycles. The molecule has 2 aromatic carbocycles. The third-order valence-corrected chi connectivity index (χ3v) is 5.63. The highest BCUT2D eigenvalue weighted by molar-refractivity contribution is 5.91. The summed E-state index contributed by atoms with van der Waals surface area (Å²) in [6.07, 6.45) is 3.45. The Morgan fingerprint density at radius 3 is 2.72 bits per heavy atom. The number of oxazole rings is 1. The van der Waals surface area contributed by atoms with Crippen LogP contribution >= 0.6 is 0 Å². The molecule has 0 aliphatic carbocycles. The van der Waals surface area contributed by atoms with Gasteiger partial charge >= 0.3 is 0 Å². The van der Waals surface area contributed by atoms with Crippen molar-refractivity contribution in [3.05, 3.63) is 88.9 Å². The van der Waals surface area contributed by atoms with Crippen LogP contribution in [0.25, 0.3) is 0 Å². The molecule has 1 aromatic heterocycles. The molecule has 168 valence electrons. The molecule has 0 spiro atoms. The maximum absolute atomic E-state index is 13.3. The van der Waals surface area contributed by atoms with Gasteiger partial charge in [-0.15, -0.1) is 0 Å². The average molecular weight is 438 g/mol. The minimum absolute atomic E-state index is 0.0747. The Balaban J connectivity index is 1.43. The molecule has 1 fully saturated rings. The van der Waals surface area contributed by atoms with Gasteiger partial charge in [0.1, 0.15) is 12.1 Å². The van der Waals surface area contributed by atoms with Crippen molar-refractivity contribution in [2.75, 3.05) is 13.2 Å². The standard InChI is InChI=1S/C25H28FN3O3/c1-18-5-2-3-6-20(18)15-29(14-19-8-10-21(26)11-9-19)16-24-28-23(17-32-24)25(30)27-13-22-7-4-12-31-22/h2-3,5-6,8-11,17,22H,4,7,12-16H2,1H3,(H,27,30). The quantitative estimate of drug-likeness (QED) is 0.543. The molecule has 1 unspecified atom stereocenters. The van der Waals surface area contributed by atoms with Crippen LogP contribution in [0.3, 0.4) is 0 Å². The molecule has 32 heavy (non-hydrogen) atoms. The SMILES string of the molecule is Cc1ccccc1CN(Cc1ccc(F)cc1)Cc1nc(C(=O)NCC2CCCO2)co1. The van der Waals surface area contributed by atoms with Crippen molar-refractivity contribution in [3.63, 3.8) is 0 Å². The molecule has 1 N–H and O–H groups in total. The Hall–Kier alpha value is -3.03. The summed E-state index contributed by atoms with van der Waals surface area (Å²) in [5, 5.41) is 2.86. The number of aromatic nitrogens is 1. The summed E-state index contributed by atoms with van der Waals surface area (Å²) in [5.41, 5.74) is 3.63. The third kappa shape index (κ3) is 6.02. The van der Waals surface area contributed by atoms with E-state index in [1.807, 2.05) is 12.1 Å². The van der Waals surface area contributed by atoms with Crippen LogP contribution in [-0.2, 0) is 24.4 Å². The number of hydrogen-bond donors (Lipinski definition) is 1. The predicted molar refractivity (Wildman–Crippen MR) is 118 cm³/mol. The second kappa shape index (κ2) is 10.5. The van der Waals surface area contributed by atoms with E-state index in [1.165, 1.54) is 29.5 Å². The Bertz CT molecular complexity index is 1030. The molecule has 6 nitrogen and oxygen atoms in total. The lowest BCUT2D eigenvalue weighted by Crippen LogP contribution is -2.32. The largest absolute Gasteiger partial charge is 0.447 e. The van der Waals surface area contributed by atoms with E-state index in [9.17, 15) is 9.18 Å². The first-order chi connectivity index (χ1) is 15.6. The minimum atomic E-state index is -0.264. The average Bonchev–Trinajstić information content (AvgIpc) is 3.47. The van der Waals surface area contributed by atoms with Crippen LogP contribution in [-0.4, -0.2) is 35.0 Å². The smallest absolute Gasteiger partial charge is 0.273 e. The molecular formula is C25H28FN3O3. The zero-order valence-corrected chi connectivity index (χ0v) is 18.2. The van der Waals surface area contributed by atoms with Gasteiger partial charge in [0.2, 0.25) is 5.89 Å². The first-order valence-corrected chi connectivity index (χ1v) is 10.9. The summed E-state index contributed by atoms with van der Waals surface area (Å²) in [6, 6.07) is 14.7. The van der Waals surface area contributed by atoms with Crippen molar-refractivity contribution in [2.24, 2.45) is 0 Å². The van der Waals surface area contributed by atoms with Crippen molar-refractivity contribution in [1.82, 2.24) is 15.2 Å². The number of carbonyl (C=O) groups excluding carboxylic acids is 1. The normalized spacial score (nSPS) is 15.9. The fraction of sp³-hybridized carbons (Fsp3) is 0.360. The molecule has 4 rings (SSSR count). The Morgan fingerprint density at radius 2 is 1.97 bits per heavy atom. The highest BCUT2D eigenvalue weighted by atomic mass is 19.1. The molecular weight excluding hydrogens is 409 g/mol. The zero-order chi connectivity index (χ0) is 22.3. The van der Waals surface area contributed by atoms with E-state index in [1.54, 1.807) is 12.1 Å². The number of rotatable bonds is 9. The van der Waals surface area contributed by atoms with E-state index in [0.29, 0.717) is 32.1 Å². The molecule has 0 radical (unpaired) electrons. The van der Waals surface area contributed by atoms with Gasteiger partial charge in [0.25, 0.3) is 5.91 Å². The van der Waals surface area contributed by atoms with Gasteiger partial charge < -0.3 is 14.5 Å². The molecule has 1 atom stereocenters. The van der Waals surface area contributed by atoms with Crippen molar-refractivity contribution in [1.29, 1.82) is 0 Å². The summed E-state index contributed by atoms with van der Waals surface area (Å²) in [5.74, 6) is -0.0620. The maximum Gasteiger partial charge on any atom is 0.273 e. The van der Waals surface area contributed by atoms with E-state index in [0.717, 1.165) is 25.0 Å². The fourth-order valence-corrected chi connectivity index (χ4v) is 3.83. The van der Waals surface area contributed by atoms with Gasteiger partial charge in [-0.05, 0) is 48.6 Å². The number of hydrogen-bond acceptors (Lipinski definition) is 5. The Kier molecular flexibility index (Phi) is 7.29. The lowest BCUT2D eigenvalue weighted by atomic mass is 10.1. The number of nitrogens with one attached hydrogen (secondary N) is 1. The lowest BCUT2D eigenvalue weighted by molar-refractivity contribution is 0.0853. The summed E-state index contributed by atoms with van der Waals surface area (Å²) in [6.45, 7) is 4.99. The van der Waals surface area contributed by atoms with Crippen LogP contribution in [0.2, 0.25) is 0 Å². The van der Waals surface area contributed by atoms with Crippen LogP contribution in [0.15, 0.2) is 59.2 Å². The van der Waals surface area contributed by atoms with E-state index in [-0.39, 0.29) is 23.5 Å². The maximum atomic E-state index is 13.3. The summed E-state index contributed by atoms with van der Waals surface area (Å²) >= 11 is 0. The number of nitrogens with zero attached hydrogens (tertiary/aromatic N) is 2. The Labute approximate surface area is 187 Å². The topological polar surface area (TPSA) is 67.6 Å². The molecule has 1 aliphatic heterocycles. The summed E-state index contributed by atoms with van der Waals surface area (Å²) in [4.78, 5) is 19.0. The third-order valence-electron chi connectivity index (χ3n) is 5.63. The fourth-order valence-electron chi connectivity index (χ4n) is 3.83. The van der Waals surface area contributed by atoms with E-state index < -0.39 is 0 Å². The number of amides is 1. The van der Waals surface area contributed by atoms with Gasteiger partial charge in [0.15, 0.2) is 5.69 Å². The molecule has 7 heteroatoms. The van der Waals surface area contributed by atoms with Crippen molar-refractivity contribution >= 4 is 5.91 Å². The molecule has 3 aromatic rings. The van der Waals surface area contributed by atoms with E-state index >= 15 is 0 Å². The highest BCUT2D eigenvalue weighted by Gasteiger charge is 2.19. The van der Waals surface area contributed by atoms with Gasteiger partial charge in [0.05, 0.1) is 12.6 Å². The number of benzene rings is 2. The van der Waals surface area contributed by atoms with E-state index in [2.05, 4.69) is 34.3 Å². The predicted octanol–water partition coefficient (Wildman–Crippen LogP) is 4.23. The minimum Gasteiger partial charge on any atom is -0.447 e. The summed E-state index contributed by atoms with van der Waals surface area (Å²) in [7, 11) is 0. The molecule has 0 bridgehead atoms. The van der Waals surface area contributed by atoms with Crippen LogP contribution in [0, 0.1) is 12.7 Å². The van der Waals surface area contributed by atoms with Crippen molar-refractivity contribution < 1.29 is 18.3 Å². The molecule has 2 heterocycles.